The van der Waals surface area contributed by atoms with E-state index >= 15 is 0 Å². The molecule has 0 saturated heterocycles. The number of aliphatic hydroxyl groups excluding tert-OH is 2. The fourth-order valence-corrected chi connectivity index (χ4v) is 2.13. The van der Waals surface area contributed by atoms with Crippen molar-refractivity contribution >= 4 is 0 Å². The number of rotatable bonds is 3. The van der Waals surface area contributed by atoms with E-state index in [1.165, 1.54) is 5.57 Å². The lowest BCUT2D eigenvalue weighted by molar-refractivity contribution is 0.235. The Morgan fingerprint density at radius 3 is 2.38 bits per heavy atom. The molecular weight excluding hydrogens is 200 g/mol. The Kier molecular flexibility index (Phi) is 3.13. The van der Waals surface area contributed by atoms with Crippen LogP contribution in [-0.2, 0) is 0 Å². The third-order valence-corrected chi connectivity index (χ3v) is 3.19. The molecule has 0 radical (unpaired) electrons. The van der Waals surface area contributed by atoms with Gasteiger partial charge in [-0.1, -0.05) is 36.0 Å². The molecule has 0 amide bonds. The van der Waals surface area contributed by atoms with Crippen LogP contribution < -0.4 is 0 Å². The van der Waals surface area contributed by atoms with Gasteiger partial charge in [0.25, 0.3) is 0 Å². The van der Waals surface area contributed by atoms with Gasteiger partial charge < -0.3 is 10.2 Å². The number of allylic oxidation sites excluding steroid dienone is 4. The lowest BCUT2D eigenvalue weighted by atomic mass is 9.99. The van der Waals surface area contributed by atoms with Crippen LogP contribution in [0, 0.1) is 5.92 Å². The Labute approximate surface area is 96.3 Å². The number of hydrogen-bond donors (Lipinski definition) is 2. The average molecular weight is 218 g/mol. The van der Waals surface area contributed by atoms with E-state index in [0.717, 1.165) is 17.6 Å². The summed E-state index contributed by atoms with van der Waals surface area (Å²) in [6, 6.07) is 0. The van der Waals surface area contributed by atoms with Crippen LogP contribution in [0.5, 0.6) is 0 Å². The zero-order valence-corrected chi connectivity index (χ0v) is 9.72. The first kappa shape index (κ1) is 11.4. The van der Waals surface area contributed by atoms with E-state index in [1.54, 1.807) is 13.8 Å². The summed E-state index contributed by atoms with van der Waals surface area (Å²) in [5.74, 6) is 0.289. The van der Waals surface area contributed by atoms with Crippen molar-refractivity contribution in [1.82, 2.24) is 0 Å². The second-order valence-corrected chi connectivity index (χ2v) is 4.53. The highest BCUT2D eigenvalue weighted by molar-refractivity contribution is 5.44. The molecule has 0 bridgehead atoms. The van der Waals surface area contributed by atoms with E-state index in [9.17, 15) is 10.2 Å². The predicted molar refractivity (Wildman–Crippen MR) is 64.9 cm³/mol. The highest BCUT2D eigenvalue weighted by atomic mass is 16.3. The fraction of sp³-hybridized carbons (Fsp3) is 0.429. The van der Waals surface area contributed by atoms with Crippen LogP contribution in [0.4, 0.5) is 0 Å². The molecule has 0 spiro atoms. The van der Waals surface area contributed by atoms with Gasteiger partial charge >= 0.3 is 0 Å². The van der Waals surface area contributed by atoms with Crippen molar-refractivity contribution in [2.24, 2.45) is 5.92 Å². The summed E-state index contributed by atoms with van der Waals surface area (Å²) in [5, 5.41) is 18.9. The molecule has 2 nitrogen and oxygen atoms in total. The van der Waals surface area contributed by atoms with E-state index in [0.29, 0.717) is 0 Å². The van der Waals surface area contributed by atoms with E-state index in [1.807, 2.05) is 6.08 Å². The van der Waals surface area contributed by atoms with Gasteiger partial charge in [-0.25, -0.2) is 0 Å². The summed E-state index contributed by atoms with van der Waals surface area (Å²) in [6.45, 7) is 3.56. The number of aliphatic hydroxyl groups is 2. The minimum absolute atomic E-state index is 0.289. The summed E-state index contributed by atoms with van der Waals surface area (Å²) in [7, 11) is 0. The summed E-state index contributed by atoms with van der Waals surface area (Å²) in [4.78, 5) is 0. The van der Waals surface area contributed by atoms with Crippen LogP contribution in [0.1, 0.15) is 20.3 Å². The standard InChI is InChI=1S/C14H18O2/c1-9(15)11-3-5-13(7-11)14-6-4-12(8-14)10(2)16/h3-5,7-10,13,15-16H,6H2,1-2H3. The third-order valence-electron chi connectivity index (χ3n) is 3.19. The largest absolute Gasteiger partial charge is 0.389 e. The zero-order valence-electron chi connectivity index (χ0n) is 9.72. The minimum Gasteiger partial charge on any atom is -0.389 e. The first-order valence-electron chi connectivity index (χ1n) is 5.74. The Morgan fingerprint density at radius 1 is 1.19 bits per heavy atom. The van der Waals surface area contributed by atoms with Crippen molar-refractivity contribution in [3.63, 3.8) is 0 Å². The van der Waals surface area contributed by atoms with Gasteiger partial charge in [-0.05, 0) is 31.4 Å². The molecule has 0 fully saturated rings. The molecule has 2 N–H and O–H groups in total. The van der Waals surface area contributed by atoms with Crippen molar-refractivity contribution in [2.45, 2.75) is 32.5 Å². The predicted octanol–water partition coefficient (Wildman–Crippen LogP) is 2.12. The smallest absolute Gasteiger partial charge is 0.0759 e. The average Bonchev–Trinajstić information content (AvgIpc) is 2.86. The molecule has 86 valence electrons. The van der Waals surface area contributed by atoms with Crippen LogP contribution in [0.15, 0.2) is 47.1 Å². The monoisotopic (exact) mass is 218 g/mol. The lowest BCUT2D eigenvalue weighted by Crippen LogP contribution is -2.01. The molecule has 0 heterocycles. The van der Waals surface area contributed by atoms with Gasteiger partial charge in [0.1, 0.15) is 0 Å². The highest BCUT2D eigenvalue weighted by Crippen LogP contribution is 2.32. The first-order valence-corrected chi connectivity index (χ1v) is 5.74. The third kappa shape index (κ3) is 2.18. The van der Waals surface area contributed by atoms with E-state index in [2.05, 4.69) is 24.3 Å². The SMILES string of the molecule is CC(O)C1=CCC(C2C=CC(C(C)O)=C2)=C1. The van der Waals surface area contributed by atoms with Crippen molar-refractivity contribution < 1.29 is 10.2 Å². The second kappa shape index (κ2) is 4.40. The molecule has 2 heteroatoms. The van der Waals surface area contributed by atoms with Gasteiger partial charge in [-0.3, -0.25) is 0 Å². The van der Waals surface area contributed by atoms with Crippen molar-refractivity contribution in [2.75, 3.05) is 0 Å². The summed E-state index contributed by atoms with van der Waals surface area (Å²) in [6.07, 6.45) is 10.4. The molecule has 2 rings (SSSR count). The van der Waals surface area contributed by atoms with Crippen molar-refractivity contribution in [3.8, 4) is 0 Å². The maximum absolute atomic E-state index is 9.47. The van der Waals surface area contributed by atoms with Crippen LogP contribution >= 0.6 is 0 Å². The van der Waals surface area contributed by atoms with Crippen molar-refractivity contribution in [3.05, 3.63) is 47.1 Å². The molecular formula is C14H18O2. The fourth-order valence-electron chi connectivity index (χ4n) is 2.13. The first-order chi connectivity index (χ1) is 7.58. The lowest BCUT2D eigenvalue weighted by Gasteiger charge is -2.07. The molecule has 0 saturated carbocycles. The van der Waals surface area contributed by atoms with Gasteiger partial charge in [0, 0.05) is 5.92 Å². The zero-order chi connectivity index (χ0) is 11.7. The molecule has 2 aliphatic rings. The minimum atomic E-state index is -0.396. The Balaban J connectivity index is 2.09. The maximum atomic E-state index is 9.47. The van der Waals surface area contributed by atoms with Gasteiger partial charge in [0.2, 0.25) is 0 Å². The molecule has 3 unspecified atom stereocenters. The molecule has 3 atom stereocenters. The Bertz CT molecular complexity index is 395. The van der Waals surface area contributed by atoms with Crippen LogP contribution in [0.2, 0.25) is 0 Å². The summed E-state index contributed by atoms with van der Waals surface area (Å²) >= 11 is 0. The highest BCUT2D eigenvalue weighted by Gasteiger charge is 2.19. The van der Waals surface area contributed by atoms with Crippen LogP contribution in [0.25, 0.3) is 0 Å². The molecule has 16 heavy (non-hydrogen) atoms. The molecule has 2 aliphatic carbocycles. The second-order valence-electron chi connectivity index (χ2n) is 4.53. The Hall–Kier alpha value is -1.12. The van der Waals surface area contributed by atoms with Crippen molar-refractivity contribution in [1.29, 1.82) is 0 Å². The van der Waals surface area contributed by atoms with Crippen LogP contribution in [-0.4, -0.2) is 22.4 Å². The summed E-state index contributed by atoms with van der Waals surface area (Å²) in [5.41, 5.74) is 3.28. The van der Waals surface area contributed by atoms with E-state index in [-0.39, 0.29) is 12.0 Å². The quantitative estimate of drug-likeness (QED) is 0.761. The summed E-state index contributed by atoms with van der Waals surface area (Å²) < 4.78 is 0. The number of hydrogen-bond acceptors (Lipinski definition) is 2. The Morgan fingerprint density at radius 2 is 1.88 bits per heavy atom. The maximum Gasteiger partial charge on any atom is 0.0759 e. The van der Waals surface area contributed by atoms with E-state index < -0.39 is 6.10 Å². The normalized spacial score (nSPS) is 27.5. The molecule has 0 aromatic heterocycles. The molecule has 0 aromatic carbocycles. The van der Waals surface area contributed by atoms with E-state index in [4.69, 9.17) is 0 Å². The van der Waals surface area contributed by atoms with Gasteiger partial charge in [0.15, 0.2) is 0 Å². The molecule has 0 aliphatic heterocycles. The van der Waals surface area contributed by atoms with Gasteiger partial charge in [-0.15, -0.1) is 0 Å². The van der Waals surface area contributed by atoms with Gasteiger partial charge in [0.05, 0.1) is 12.2 Å². The topological polar surface area (TPSA) is 40.5 Å². The van der Waals surface area contributed by atoms with Gasteiger partial charge in [-0.2, -0.15) is 0 Å². The molecule has 0 aromatic rings. The van der Waals surface area contributed by atoms with Crippen LogP contribution in [0.3, 0.4) is 0 Å².